The molecule has 1 aromatic heterocycles. The van der Waals surface area contributed by atoms with E-state index in [1.807, 2.05) is 23.1 Å². The highest BCUT2D eigenvalue weighted by Crippen LogP contribution is 2.40. The van der Waals surface area contributed by atoms with Crippen molar-refractivity contribution < 1.29 is 0 Å². The zero-order valence-electron chi connectivity index (χ0n) is 16.6. The number of hydrogen-bond donors (Lipinski definition) is 2. The molecule has 2 aliphatic rings. The lowest BCUT2D eigenvalue weighted by atomic mass is 9.85. The Bertz CT molecular complexity index is 1110. The number of nitrogens with two attached hydrogens (primary N) is 1. The van der Waals surface area contributed by atoms with E-state index in [4.69, 9.17) is 29.6 Å². The van der Waals surface area contributed by atoms with Crippen LogP contribution in [0.3, 0.4) is 0 Å². The van der Waals surface area contributed by atoms with Gasteiger partial charge in [-0.05, 0) is 115 Å². The van der Waals surface area contributed by atoms with Gasteiger partial charge in [0.15, 0.2) is 5.11 Å². The highest BCUT2D eigenvalue weighted by atomic mass is 79.9. The number of H-pyrrole nitrogens is 1. The summed E-state index contributed by atoms with van der Waals surface area (Å²) in [5.41, 5.74) is 10.5. The Morgan fingerprint density at radius 1 is 1.17 bits per heavy atom. The van der Waals surface area contributed by atoms with E-state index >= 15 is 0 Å². The molecule has 3 heterocycles. The predicted octanol–water partition coefficient (Wildman–Crippen LogP) is 6.31. The zero-order valence-corrected chi connectivity index (χ0v) is 19.7. The largest absolute Gasteiger partial charge is 0.376 e. The predicted molar refractivity (Wildman–Crippen MR) is 133 cm³/mol. The van der Waals surface area contributed by atoms with Crippen molar-refractivity contribution in [3.8, 4) is 0 Å². The van der Waals surface area contributed by atoms with Crippen LogP contribution in [0.15, 0.2) is 47.1 Å². The van der Waals surface area contributed by atoms with Crippen molar-refractivity contribution in [1.29, 1.82) is 0 Å². The van der Waals surface area contributed by atoms with E-state index in [1.165, 1.54) is 49.7 Å². The number of thiocarbonyl (C=S) groups is 1. The van der Waals surface area contributed by atoms with Crippen LogP contribution >= 0.6 is 39.7 Å². The van der Waals surface area contributed by atoms with Crippen LogP contribution in [0.4, 0.5) is 11.4 Å². The number of anilines is 2. The maximum atomic E-state index is 6.33. The molecule has 3 N–H and O–H groups in total. The highest BCUT2D eigenvalue weighted by Gasteiger charge is 2.33. The Balaban J connectivity index is 1.52. The summed E-state index contributed by atoms with van der Waals surface area (Å²) in [6.45, 7) is 2.48. The quantitative estimate of drug-likeness (QED) is 0.411. The summed E-state index contributed by atoms with van der Waals surface area (Å²) in [5.74, 6) is 0.591. The molecule has 3 aromatic rings. The lowest BCUT2D eigenvalue weighted by Gasteiger charge is -2.34. The Kier molecular flexibility index (Phi) is 5.52. The number of nitrogens with zero attached hydrogens (tertiary/aromatic N) is 2. The lowest BCUT2D eigenvalue weighted by molar-refractivity contribution is 0.181. The third-order valence-electron chi connectivity index (χ3n) is 6.60. The van der Waals surface area contributed by atoms with Gasteiger partial charge in [0.05, 0.1) is 5.02 Å². The van der Waals surface area contributed by atoms with Crippen molar-refractivity contribution >= 4 is 67.1 Å². The molecule has 156 valence electrons. The van der Waals surface area contributed by atoms with Gasteiger partial charge in [-0.3, -0.25) is 4.90 Å². The molecule has 0 bridgehead atoms. The zero-order chi connectivity index (χ0) is 20.8. The smallest absolute Gasteiger partial charge is 0.175 e. The van der Waals surface area contributed by atoms with Crippen molar-refractivity contribution in [2.45, 2.75) is 37.6 Å². The number of benzene rings is 2. The molecule has 5 rings (SSSR count). The normalized spacial score (nSPS) is 21.7. The molecule has 0 aliphatic carbocycles. The van der Waals surface area contributed by atoms with E-state index in [2.05, 4.69) is 50.2 Å². The number of piperidine rings is 1. The van der Waals surface area contributed by atoms with Crippen molar-refractivity contribution in [3.05, 3.63) is 57.7 Å². The number of nitrogens with one attached hydrogen (secondary N) is 1. The number of aromatic amines is 1. The van der Waals surface area contributed by atoms with Gasteiger partial charge in [0.1, 0.15) is 0 Å². The maximum absolute atomic E-state index is 6.33. The van der Waals surface area contributed by atoms with E-state index in [-0.39, 0.29) is 0 Å². The fourth-order valence-corrected chi connectivity index (χ4v) is 5.77. The summed E-state index contributed by atoms with van der Waals surface area (Å²) in [7, 11) is 0. The van der Waals surface area contributed by atoms with Gasteiger partial charge in [-0.1, -0.05) is 11.6 Å². The van der Waals surface area contributed by atoms with Gasteiger partial charge in [0, 0.05) is 39.0 Å². The maximum Gasteiger partial charge on any atom is 0.175 e. The first kappa shape index (κ1) is 20.3. The van der Waals surface area contributed by atoms with Gasteiger partial charge >= 0.3 is 0 Å². The fourth-order valence-electron chi connectivity index (χ4n) is 5.14. The monoisotopic (exact) mass is 502 g/mol. The lowest BCUT2D eigenvalue weighted by Crippen LogP contribution is -2.37. The van der Waals surface area contributed by atoms with Crippen LogP contribution in [0, 0.1) is 0 Å². The van der Waals surface area contributed by atoms with Crippen molar-refractivity contribution in [3.63, 3.8) is 0 Å². The first-order valence-electron chi connectivity index (χ1n) is 10.4. The third-order valence-corrected chi connectivity index (χ3v) is 8.01. The second-order valence-corrected chi connectivity index (χ2v) is 9.98. The average molecular weight is 504 g/mol. The fraction of sp³-hybridized carbons (Fsp3) is 0.348. The summed E-state index contributed by atoms with van der Waals surface area (Å²) in [5, 5.41) is 2.18. The van der Waals surface area contributed by atoms with Crippen LogP contribution in [0.5, 0.6) is 0 Å². The molecule has 4 nitrogen and oxygen atoms in total. The first-order valence-corrected chi connectivity index (χ1v) is 12.0. The van der Waals surface area contributed by atoms with Crippen molar-refractivity contribution in [2.75, 3.05) is 18.0 Å². The Hall–Kier alpha value is -1.60. The molecular weight excluding hydrogens is 480 g/mol. The van der Waals surface area contributed by atoms with Gasteiger partial charge in [-0.2, -0.15) is 0 Å². The SMILES string of the molecule is NC(=S)N(c1ccc(Br)c(Cl)c1)c1ccc2[nH]cc(C3CCN4CCCC4C3)c2c1. The number of halogens is 2. The Morgan fingerprint density at radius 2 is 1.97 bits per heavy atom. The van der Waals surface area contributed by atoms with Crippen LogP contribution in [-0.4, -0.2) is 34.1 Å². The first-order chi connectivity index (χ1) is 14.5. The Morgan fingerprint density at radius 3 is 2.77 bits per heavy atom. The minimum Gasteiger partial charge on any atom is -0.376 e. The molecule has 2 fully saturated rings. The Labute approximate surface area is 195 Å². The number of hydrogen-bond acceptors (Lipinski definition) is 2. The molecule has 2 atom stereocenters. The van der Waals surface area contributed by atoms with E-state index in [9.17, 15) is 0 Å². The van der Waals surface area contributed by atoms with Crippen molar-refractivity contribution in [1.82, 2.24) is 9.88 Å². The van der Waals surface area contributed by atoms with E-state index in [0.29, 0.717) is 16.1 Å². The van der Waals surface area contributed by atoms with E-state index in [0.717, 1.165) is 27.4 Å². The molecule has 7 heteroatoms. The summed E-state index contributed by atoms with van der Waals surface area (Å²) >= 11 is 15.2. The minimum atomic E-state index is 0.295. The van der Waals surface area contributed by atoms with Crippen LogP contribution in [0.1, 0.15) is 37.2 Å². The standard InChI is InChI=1S/C23H24BrClN4S/c24-20-5-3-17(12-21(20)25)29(23(26)30)16-4-6-22-18(11-16)19(13-27-22)14-7-9-28-8-1-2-15(28)10-14/h3-6,11-15,27H,1-2,7-10H2,(H2,26,30). The third kappa shape index (κ3) is 3.64. The molecule has 0 amide bonds. The molecule has 0 saturated carbocycles. The van der Waals surface area contributed by atoms with Crippen LogP contribution < -0.4 is 10.6 Å². The molecule has 2 unspecified atom stereocenters. The van der Waals surface area contributed by atoms with Gasteiger partial charge in [0.2, 0.25) is 0 Å². The van der Waals surface area contributed by atoms with Crippen molar-refractivity contribution in [2.24, 2.45) is 5.73 Å². The summed E-state index contributed by atoms with van der Waals surface area (Å²) in [4.78, 5) is 8.02. The molecule has 0 spiro atoms. The van der Waals surface area contributed by atoms with Gasteiger partial charge < -0.3 is 15.6 Å². The highest BCUT2D eigenvalue weighted by molar-refractivity contribution is 9.10. The van der Waals surface area contributed by atoms with Crippen LogP contribution in [0.25, 0.3) is 10.9 Å². The average Bonchev–Trinajstić information content (AvgIpc) is 3.36. The minimum absolute atomic E-state index is 0.295. The molecule has 30 heavy (non-hydrogen) atoms. The van der Waals surface area contributed by atoms with E-state index < -0.39 is 0 Å². The second-order valence-electron chi connectivity index (χ2n) is 8.30. The van der Waals surface area contributed by atoms with E-state index in [1.54, 1.807) is 0 Å². The van der Waals surface area contributed by atoms with Gasteiger partial charge in [-0.15, -0.1) is 0 Å². The topological polar surface area (TPSA) is 48.3 Å². The van der Waals surface area contributed by atoms with Gasteiger partial charge in [-0.25, -0.2) is 0 Å². The summed E-state index contributed by atoms with van der Waals surface area (Å²) in [6, 6.07) is 12.9. The molecule has 0 radical (unpaired) electrons. The molecule has 2 aliphatic heterocycles. The van der Waals surface area contributed by atoms with Crippen LogP contribution in [0.2, 0.25) is 5.02 Å². The number of rotatable bonds is 3. The van der Waals surface area contributed by atoms with Gasteiger partial charge in [0.25, 0.3) is 0 Å². The molecular formula is C23H24BrClN4S. The molecule has 2 saturated heterocycles. The second kappa shape index (κ2) is 8.15. The van der Waals surface area contributed by atoms with Crippen LogP contribution in [-0.2, 0) is 0 Å². The summed E-state index contributed by atoms with van der Waals surface area (Å²) < 4.78 is 0.845. The molecule has 2 aromatic carbocycles. The number of aromatic nitrogens is 1. The summed E-state index contributed by atoms with van der Waals surface area (Å²) in [6.07, 6.45) is 7.34. The number of fused-ring (bicyclic) bond motifs is 2.